The summed E-state index contributed by atoms with van der Waals surface area (Å²) in [6.45, 7) is -0.863. The number of carbonyl (C=O) groups is 1. The zero-order valence-corrected chi connectivity index (χ0v) is 8.95. The minimum absolute atomic E-state index is 0.357. The zero-order valence-electron chi connectivity index (χ0n) is 8.14. The summed E-state index contributed by atoms with van der Waals surface area (Å²) in [7, 11) is -3.51. The summed E-state index contributed by atoms with van der Waals surface area (Å²) >= 11 is 0. The number of rotatable bonds is 6. The summed E-state index contributed by atoms with van der Waals surface area (Å²) in [4.78, 5) is 10.5. The normalized spacial score (nSPS) is 12.9. The van der Waals surface area contributed by atoms with Crippen LogP contribution in [-0.2, 0) is 14.8 Å². The van der Waals surface area contributed by atoms with Crippen LogP contribution < -0.4 is 10.0 Å². The molecule has 0 rings (SSSR count). The Balaban J connectivity index is 4.01. The van der Waals surface area contributed by atoms with Crippen molar-refractivity contribution in [3.05, 3.63) is 0 Å². The van der Waals surface area contributed by atoms with Crippen molar-refractivity contribution >= 4 is 15.9 Å². The number of nitrogens with one attached hydrogen (secondary N) is 2. The van der Waals surface area contributed by atoms with Gasteiger partial charge in [0.25, 0.3) is 5.91 Å². The molecule has 0 spiro atoms. The Kier molecular flexibility index (Phi) is 5.13. The van der Waals surface area contributed by atoms with Crippen molar-refractivity contribution in [1.29, 1.82) is 0 Å². The van der Waals surface area contributed by atoms with Crippen LogP contribution in [0.25, 0.3) is 0 Å². The van der Waals surface area contributed by atoms with Gasteiger partial charge in [-0.25, -0.2) is 21.9 Å². The molecular formula is C6H10F4N2O3S. The van der Waals surface area contributed by atoms with E-state index in [1.165, 1.54) is 5.32 Å². The first-order chi connectivity index (χ1) is 7.07. The van der Waals surface area contributed by atoms with Gasteiger partial charge in [-0.3, -0.25) is 4.79 Å². The van der Waals surface area contributed by atoms with Crippen molar-refractivity contribution in [2.75, 3.05) is 19.3 Å². The van der Waals surface area contributed by atoms with Gasteiger partial charge >= 0.3 is 12.3 Å². The van der Waals surface area contributed by atoms with Crippen LogP contribution in [0.15, 0.2) is 0 Å². The number of carbonyl (C=O) groups excluding carboxylic acids is 1. The third-order valence-electron chi connectivity index (χ3n) is 1.35. The molecule has 0 atom stereocenters. The van der Waals surface area contributed by atoms with Gasteiger partial charge in [-0.2, -0.15) is 8.78 Å². The molecule has 0 aliphatic carbocycles. The SMILES string of the molecule is CS(=O)(=O)NCCNC(=O)C(F)(F)C(F)F. The summed E-state index contributed by atoms with van der Waals surface area (Å²) in [5.74, 6) is -6.91. The van der Waals surface area contributed by atoms with Gasteiger partial charge in [0.1, 0.15) is 0 Å². The van der Waals surface area contributed by atoms with Crippen molar-refractivity contribution in [3.63, 3.8) is 0 Å². The first kappa shape index (κ1) is 15.1. The monoisotopic (exact) mass is 266 g/mol. The van der Waals surface area contributed by atoms with E-state index in [-0.39, 0.29) is 6.54 Å². The van der Waals surface area contributed by atoms with Crippen molar-refractivity contribution in [3.8, 4) is 0 Å². The molecule has 0 fully saturated rings. The Hall–Kier alpha value is -0.900. The van der Waals surface area contributed by atoms with Crippen LogP contribution in [0.4, 0.5) is 17.6 Å². The van der Waals surface area contributed by atoms with E-state index in [9.17, 15) is 30.8 Å². The molecule has 1 amide bonds. The van der Waals surface area contributed by atoms with Gasteiger partial charge in [0.2, 0.25) is 10.0 Å². The van der Waals surface area contributed by atoms with Crippen LogP contribution in [0.2, 0.25) is 0 Å². The highest BCUT2D eigenvalue weighted by atomic mass is 32.2. The minimum atomic E-state index is -4.77. The summed E-state index contributed by atoms with van der Waals surface area (Å²) in [6.07, 6.45) is -3.28. The molecule has 0 aliphatic heterocycles. The second-order valence-electron chi connectivity index (χ2n) is 2.85. The topological polar surface area (TPSA) is 75.3 Å². The minimum Gasteiger partial charge on any atom is -0.349 e. The largest absolute Gasteiger partial charge is 0.383 e. The standard InChI is InChI=1S/C6H10F4N2O3S/c1-16(14,15)12-3-2-11-5(13)6(9,10)4(7)8/h4,12H,2-3H2,1H3,(H,11,13). The number of amides is 1. The highest BCUT2D eigenvalue weighted by Gasteiger charge is 2.48. The predicted molar refractivity (Wildman–Crippen MR) is 46.8 cm³/mol. The van der Waals surface area contributed by atoms with Gasteiger partial charge in [0, 0.05) is 13.1 Å². The molecule has 5 nitrogen and oxygen atoms in total. The van der Waals surface area contributed by atoms with E-state index in [4.69, 9.17) is 0 Å². The van der Waals surface area contributed by atoms with E-state index < -0.39 is 34.8 Å². The fourth-order valence-corrected chi connectivity index (χ4v) is 1.10. The Morgan fingerprint density at radius 3 is 2.19 bits per heavy atom. The van der Waals surface area contributed by atoms with Gasteiger partial charge in [-0.1, -0.05) is 0 Å². The molecule has 0 radical (unpaired) electrons. The molecule has 10 heteroatoms. The van der Waals surface area contributed by atoms with E-state index >= 15 is 0 Å². The third kappa shape index (κ3) is 5.26. The van der Waals surface area contributed by atoms with Crippen LogP contribution in [0, 0.1) is 0 Å². The van der Waals surface area contributed by atoms with Crippen LogP contribution >= 0.6 is 0 Å². The summed E-state index contributed by atoms with van der Waals surface area (Å²) in [5, 5.41) is 1.48. The lowest BCUT2D eigenvalue weighted by molar-refractivity contribution is -0.169. The van der Waals surface area contributed by atoms with Crippen molar-refractivity contribution < 1.29 is 30.8 Å². The van der Waals surface area contributed by atoms with E-state index in [0.29, 0.717) is 0 Å². The van der Waals surface area contributed by atoms with Gasteiger partial charge in [-0.15, -0.1) is 0 Å². The number of alkyl halides is 4. The van der Waals surface area contributed by atoms with Gasteiger partial charge in [-0.05, 0) is 0 Å². The maximum absolute atomic E-state index is 12.3. The fraction of sp³-hybridized carbons (Fsp3) is 0.833. The molecule has 0 heterocycles. The lowest BCUT2D eigenvalue weighted by Gasteiger charge is -2.14. The lowest BCUT2D eigenvalue weighted by Crippen LogP contribution is -2.47. The number of hydrogen-bond acceptors (Lipinski definition) is 3. The zero-order chi connectivity index (χ0) is 13.0. The van der Waals surface area contributed by atoms with Crippen molar-refractivity contribution in [1.82, 2.24) is 10.0 Å². The number of hydrogen-bond donors (Lipinski definition) is 2. The highest BCUT2D eigenvalue weighted by molar-refractivity contribution is 7.88. The summed E-state index contributed by atoms with van der Waals surface area (Å²) in [6, 6.07) is 0. The molecule has 0 aromatic rings. The first-order valence-electron chi connectivity index (χ1n) is 3.96. The van der Waals surface area contributed by atoms with Crippen LogP contribution in [0.3, 0.4) is 0 Å². The maximum atomic E-state index is 12.3. The second kappa shape index (κ2) is 5.43. The van der Waals surface area contributed by atoms with E-state index in [0.717, 1.165) is 6.26 Å². The smallest absolute Gasteiger partial charge is 0.349 e. The fourth-order valence-electron chi connectivity index (χ4n) is 0.629. The van der Waals surface area contributed by atoms with Crippen LogP contribution in [0.1, 0.15) is 0 Å². The van der Waals surface area contributed by atoms with Crippen LogP contribution in [0.5, 0.6) is 0 Å². The molecule has 96 valence electrons. The van der Waals surface area contributed by atoms with Crippen molar-refractivity contribution in [2.24, 2.45) is 0 Å². The first-order valence-corrected chi connectivity index (χ1v) is 5.85. The number of halogens is 4. The summed E-state index contributed by atoms with van der Waals surface area (Å²) in [5.41, 5.74) is 0. The van der Waals surface area contributed by atoms with Gasteiger partial charge in [0.15, 0.2) is 0 Å². The second-order valence-corrected chi connectivity index (χ2v) is 4.68. The summed E-state index contributed by atoms with van der Waals surface area (Å²) < 4.78 is 70.7. The molecular weight excluding hydrogens is 256 g/mol. The molecule has 0 saturated carbocycles. The molecule has 0 unspecified atom stereocenters. The van der Waals surface area contributed by atoms with Crippen molar-refractivity contribution in [2.45, 2.75) is 12.3 Å². The lowest BCUT2D eigenvalue weighted by atomic mass is 10.3. The van der Waals surface area contributed by atoms with E-state index in [1.807, 2.05) is 4.72 Å². The Labute approximate surface area is 89.2 Å². The quantitative estimate of drug-likeness (QED) is 0.505. The molecule has 0 aromatic carbocycles. The van der Waals surface area contributed by atoms with Gasteiger partial charge in [0.05, 0.1) is 6.26 Å². The average Bonchev–Trinajstić information content (AvgIpc) is 2.10. The average molecular weight is 266 g/mol. The predicted octanol–water partition coefficient (Wildman–Crippen LogP) is -0.448. The Morgan fingerprint density at radius 2 is 1.81 bits per heavy atom. The van der Waals surface area contributed by atoms with E-state index in [1.54, 1.807) is 0 Å². The molecule has 16 heavy (non-hydrogen) atoms. The highest BCUT2D eigenvalue weighted by Crippen LogP contribution is 2.22. The maximum Gasteiger partial charge on any atom is 0.383 e. The van der Waals surface area contributed by atoms with Gasteiger partial charge < -0.3 is 5.32 Å². The van der Waals surface area contributed by atoms with E-state index in [2.05, 4.69) is 0 Å². The molecule has 0 aromatic heterocycles. The third-order valence-corrected chi connectivity index (χ3v) is 2.08. The molecule has 2 N–H and O–H groups in total. The molecule has 0 bridgehead atoms. The number of sulfonamides is 1. The molecule has 0 saturated heterocycles. The van der Waals surface area contributed by atoms with Crippen LogP contribution in [-0.4, -0.2) is 46.0 Å². The Bertz CT molecular complexity index is 344. The Morgan fingerprint density at radius 1 is 1.31 bits per heavy atom. The molecule has 0 aliphatic rings.